The van der Waals surface area contributed by atoms with E-state index in [0.29, 0.717) is 11.0 Å². The van der Waals surface area contributed by atoms with E-state index in [4.69, 9.17) is 5.11 Å². The van der Waals surface area contributed by atoms with E-state index in [0.717, 1.165) is 0 Å². The largest absolute Gasteiger partial charge is 0.391 e. The molecule has 0 unspecified atom stereocenters. The van der Waals surface area contributed by atoms with E-state index in [1.54, 1.807) is 0 Å². The van der Waals surface area contributed by atoms with Gasteiger partial charge in [0.1, 0.15) is 30.0 Å². The number of nitrogens with zero attached hydrogens (tertiary/aromatic N) is 1. The first-order chi connectivity index (χ1) is 8.90. The molecular formula is C12H15FN2O4. The monoisotopic (exact) mass is 270 g/mol. The molecule has 0 radical (unpaired) electrons. The number of hydrogen-bond acceptors (Lipinski definition) is 5. The van der Waals surface area contributed by atoms with E-state index in [9.17, 15) is 19.7 Å². The minimum Gasteiger partial charge on any atom is -0.391 e. The number of H-pyrrole nitrogens is 1. The Balaban J connectivity index is 2.28. The van der Waals surface area contributed by atoms with Gasteiger partial charge < -0.3 is 25.4 Å². The molecule has 0 saturated carbocycles. The zero-order valence-corrected chi connectivity index (χ0v) is 10.2. The van der Waals surface area contributed by atoms with Crippen LogP contribution in [0.2, 0.25) is 0 Å². The lowest BCUT2D eigenvalue weighted by Crippen LogP contribution is -2.39. The average Bonchev–Trinajstić information content (AvgIpc) is 2.78. The number of aromatic nitrogens is 2. The average molecular weight is 270 g/mol. The number of fused-ring (bicyclic) bond motifs is 1. The number of halogens is 1. The molecule has 0 fully saturated rings. The molecule has 4 atom stereocenters. The molecule has 0 saturated heterocycles. The lowest BCUT2D eigenvalue weighted by atomic mass is 10.0. The van der Waals surface area contributed by atoms with E-state index in [2.05, 4.69) is 9.97 Å². The Kier molecular flexibility index (Phi) is 3.81. The summed E-state index contributed by atoms with van der Waals surface area (Å²) in [6.45, 7) is 1.29. The van der Waals surface area contributed by atoms with Gasteiger partial charge in [0, 0.05) is 6.07 Å². The minimum absolute atomic E-state index is 0.00667. The second kappa shape index (κ2) is 5.22. The van der Waals surface area contributed by atoms with Crippen molar-refractivity contribution in [1.82, 2.24) is 9.97 Å². The van der Waals surface area contributed by atoms with Gasteiger partial charge in [0.05, 0.1) is 17.1 Å². The third kappa shape index (κ3) is 2.74. The standard InChI is InChI=1S/C12H15FN2O4/c1-5(16)9(17)10(18)11(19)12-14-7-3-2-6(13)4-8(7)15-12/h2-5,9-11,16-19H,1H3,(H,14,15)/t5-,9+,10+,11-/m1/s1. The van der Waals surface area contributed by atoms with Crippen LogP contribution in [0.25, 0.3) is 11.0 Å². The number of aliphatic hydroxyl groups is 4. The number of benzene rings is 1. The summed E-state index contributed by atoms with van der Waals surface area (Å²) in [6, 6.07) is 3.86. The highest BCUT2D eigenvalue weighted by atomic mass is 19.1. The van der Waals surface area contributed by atoms with Crippen LogP contribution in [-0.4, -0.2) is 48.7 Å². The summed E-state index contributed by atoms with van der Waals surface area (Å²) in [5.41, 5.74) is 0.793. The molecule has 1 heterocycles. The zero-order chi connectivity index (χ0) is 14.2. The van der Waals surface area contributed by atoms with Crippen molar-refractivity contribution in [3.05, 3.63) is 29.8 Å². The highest BCUT2D eigenvalue weighted by molar-refractivity contribution is 5.75. The Labute approximate surface area is 108 Å². The number of nitrogens with one attached hydrogen (secondary N) is 1. The quantitative estimate of drug-likeness (QED) is 0.530. The Hall–Kier alpha value is -1.54. The summed E-state index contributed by atoms with van der Waals surface area (Å²) in [5, 5.41) is 38.2. The summed E-state index contributed by atoms with van der Waals surface area (Å²) >= 11 is 0. The number of aliphatic hydroxyl groups excluding tert-OH is 4. The maximum Gasteiger partial charge on any atom is 0.140 e. The molecule has 0 aliphatic rings. The molecule has 1 aromatic heterocycles. The van der Waals surface area contributed by atoms with Crippen LogP contribution in [0, 0.1) is 5.82 Å². The van der Waals surface area contributed by atoms with Crippen molar-refractivity contribution >= 4 is 11.0 Å². The van der Waals surface area contributed by atoms with Crippen molar-refractivity contribution in [3.63, 3.8) is 0 Å². The summed E-state index contributed by atoms with van der Waals surface area (Å²) in [4.78, 5) is 6.65. The van der Waals surface area contributed by atoms with E-state index in [-0.39, 0.29) is 5.82 Å². The Morgan fingerprint density at radius 3 is 2.47 bits per heavy atom. The molecule has 0 amide bonds. The van der Waals surface area contributed by atoms with Crippen LogP contribution in [-0.2, 0) is 0 Å². The van der Waals surface area contributed by atoms with Gasteiger partial charge in [-0.05, 0) is 19.1 Å². The molecule has 0 aliphatic heterocycles. The maximum atomic E-state index is 13.0. The van der Waals surface area contributed by atoms with Gasteiger partial charge in [0.2, 0.25) is 0 Å². The summed E-state index contributed by atoms with van der Waals surface area (Å²) in [5.74, 6) is -0.475. The highest BCUT2D eigenvalue weighted by Gasteiger charge is 2.31. The van der Waals surface area contributed by atoms with E-state index in [1.165, 1.54) is 25.1 Å². The van der Waals surface area contributed by atoms with Crippen LogP contribution >= 0.6 is 0 Å². The van der Waals surface area contributed by atoms with Crippen LogP contribution in [0.15, 0.2) is 18.2 Å². The fourth-order valence-corrected chi connectivity index (χ4v) is 1.77. The van der Waals surface area contributed by atoms with E-state index in [1.807, 2.05) is 0 Å². The van der Waals surface area contributed by atoms with Crippen molar-refractivity contribution in [2.24, 2.45) is 0 Å². The first kappa shape index (κ1) is 13.9. The Morgan fingerprint density at radius 2 is 1.84 bits per heavy atom. The van der Waals surface area contributed by atoms with Gasteiger partial charge in [-0.15, -0.1) is 0 Å². The van der Waals surface area contributed by atoms with Crippen molar-refractivity contribution in [2.75, 3.05) is 0 Å². The second-order valence-electron chi connectivity index (χ2n) is 4.45. The van der Waals surface area contributed by atoms with Crippen molar-refractivity contribution in [3.8, 4) is 0 Å². The molecular weight excluding hydrogens is 255 g/mol. The maximum absolute atomic E-state index is 13.0. The molecule has 0 aliphatic carbocycles. The van der Waals surface area contributed by atoms with Crippen LogP contribution in [0.3, 0.4) is 0 Å². The normalized spacial score (nSPS) is 18.2. The minimum atomic E-state index is -1.61. The first-order valence-electron chi connectivity index (χ1n) is 5.77. The molecule has 7 heteroatoms. The van der Waals surface area contributed by atoms with Crippen molar-refractivity contribution in [2.45, 2.75) is 31.3 Å². The Morgan fingerprint density at radius 1 is 1.16 bits per heavy atom. The van der Waals surface area contributed by atoms with Crippen LogP contribution in [0.5, 0.6) is 0 Å². The molecule has 104 valence electrons. The fraction of sp³-hybridized carbons (Fsp3) is 0.417. The molecule has 19 heavy (non-hydrogen) atoms. The summed E-state index contributed by atoms with van der Waals surface area (Å²) in [7, 11) is 0. The first-order valence-corrected chi connectivity index (χ1v) is 5.77. The molecule has 2 aromatic rings. The third-order valence-electron chi connectivity index (χ3n) is 2.91. The molecule has 0 bridgehead atoms. The van der Waals surface area contributed by atoms with Gasteiger partial charge in [-0.25, -0.2) is 9.37 Å². The smallest absolute Gasteiger partial charge is 0.140 e. The second-order valence-corrected chi connectivity index (χ2v) is 4.45. The van der Waals surface area contributed by atoms with Gasteiger partial charge in [0.15, 0.2) is 0 Å². The van der Waals surface area contributed by atoms with Crippen molar-refractivity contribution < 1.29 is 24.8 Å². The molecule has 5 N–H and O–H groups in total. The number of aromatic amines is 1. The molecule has 1 aromatic carbocycles. The van der Waals surface area contributed by atoms with Crippen molar-refractivity contribution in [1.29, 1.82) is 0 Å². The molecule has 6 nitrogen and oxygen atoms in total. The fourth-order valence-electron chi connectivity index (χ4n) is 1.77. The van der Waals surface area contributed by atoms with Gasteiger partial charge in [-0.2, -0.15) is 0 Å². The molecule has 0 spiro atoms. The van der Waals surface area contributed by atoms with Crippen LogP contribution in [0.1, 0.15) is 18.9 Å². The van der Waals surface area contributed by atoms with Crippen LogP contribution < -0.4 is 0 Å². The van der Waals surface area contributed by atoms with E-state index < -0.39 is 30.2 Å². The number of rotatable bonds is 4. The number of hydrogen-bond donors (Lipinski definition) is 5. The van der Waals surface area contributed by atoms with Gasteiger partial charge in [0.25, 0.3) is 0 Å². The van der Waals surface area contributed by atoms with Gasteiger partial charge in [-0.3, -0.25) is 0 Å². The predicted molar refractivity (Wildman–Crippen MR) is 64.7 cm³/mol. The highest BCUT2D eigenvalue weighted by Crippen LogP contribution is 2.21. The Bertz CT molecular complexity index is 572. The molecule has 2 rings (SSSR count). The predicted octanol–water partition coefficient (Wildman–Crippen LogP) is -0.162. The van der Waals surface area contributed by atoms with E-state index >= 15 is 0 Å². The number of imidazole rings is 1. The third-order valence-corrected chi connectivity index (χ3v) is 2.91. The van der Waals surface area contributed by atoms with Crippen LogP contribution in [0.4, 0.5) is 4.39 Å². The van der Waals surface area contributed by atoms with Gasteiger partial charge in [-0.1, -0.05) is 0 Å². The SMILES string of the molecule is C[C@@H](O)[C@H](O)[C@H](O)[C@@H](O)c1nc2cc(F)ccc2[nH]1. The summed E-state index contributed by atoms with van der Waals surface area (Å²) in [6.07, 6.45) is -5.84. The van der Waals surface area contributed by atoms with Gasteiger partial charge >= 0.3 is 0 Å². The summed E-state index contributed by atoms with van der Waals surface area (Å²) < 4.78 is 13.0. The topological polar surface area (TPSA) is 110 Å². The lowest BCUT2D eigenvalue weighted by molar-refractivity contribution is -0.103. The zero-order valence-electron chi connectivity index (χ0n) is 10.2. The lowest BCUT2D eigenvalue weighted by Gasteiger charge is -2.23.